The molecule has 0 radical (unpaired) electrons. The number of methoxy groups -OCH3 is 2. The third-order valence-electron chi connectivity index (χ3n) is 4.88. The van der Waals surface area contributed by atoms with Crippen LogP contribution in [-0.4, -0.2) is 26.0 Å². The molecule has 3 rings (SSSR count). The second-order valence-electron chi connectivity index (χ2n) is 7.66. The maximum Gasteiger partial charge on any atom is 0.255 e. The van der Waals surface area contributed by atoms with E-state index in [0.717, 1.165) is 5.56 Å². The van der Waals surface area contributed by atoms with Crippen LogP contribution in [0.3, 0.4) is 0 Å². The van der Waals surface area contributed by atoms with E-state index in [0.29, 0.717) is 40.8 Å². The van der Waals surface area contributed by atoms with Gasteiger partial charge in [0.1, 0.15) is 6.61 Å². The Balaban J connectivity index is 1.74. The minimum atomic E-state index is -0.333. The molecule has 0 fully saturated rings. The maximum atomic E-state index is 12.9. The lowest BCUT2D eigenvalue weighted by molar-refractivity contribution is -0.118. The number of hydrogen-bond acceptors (Lipinski definition) is 5. The van der Waals surface area contributed by atoms with Gasteiger partial charge < -0.3 is 24.8 Å². The summed E-state index contributed by atoms with van der Waals surface area (Å²) in [4.78, 5) is 24.7. The van der Waals surface area contributed by atoms with Crippen molar-refractivity contribution in [2.24, 2.45) is 5.92 Å². The van der Waals surface area contributed by atoms with E-state index >= 15 is 0 Å². The Morgan fingerprint density at radius 3 is 1.88 bits per heavy atom. The molecular formula is C26H28N2O5. The van der Waals surface area contributed by atoms with E-state index in [4.69, 9.17) is 14.2 Å². The molecule has 0 aromatic heterocycles. The Kier molecular flexibility index (Phi) is 7.91. The molecule has 0 aliphatic heterocycles. The van der Waals surface area contributed by atoms with Crippen LogP contribution < -0.4 is 24.8 Å². The average molecular weight is 449 g/mol. The predicted molar refractivity (Wildman–Crippen MR) is 128 cm³/mol. The highest BCUT2D eigenvalue weighted by atomic mass is 16.5. The van der Waals surface area contributed by atoms with Gasteiger partial charge in [-0.2, -0.15) is 0 Å². The van der Waals surface area contributed by atoms with Gasteiger partial charge in [-0.1, -0.05) is 44.2 Å². The third kappa shape index (κ3) is 6.26. The molecule has 0 atom stereocenters. The molecular weight excluding hydrogens is 420 g/mol. The van der Waals surface area contributed by atoms with Gasteiger partial charge in [-0.15, -0.1) is 0 Å². The quantitative estimate of drug-likeness (QED) is 0.474. The first-order chi connectivity index (χ1) is 15.9. The second-order valence-corrected chi connectivity index (χ2v) is 7.66. The fraction of sp³-hybridized carbons (Fsp3) is 0.231. The molecule has 2 amide bonds. The van der Waals surface area contributed by atoms with Crippen molar-refractivity contribution in [3.05, 3.63) is 77.9 Å². The number of nitrogens with one attached hydrogen (secondary N) is 2. The molecule has 2 N–H and O–H groups in total. The molecule has 0 unspecified atom stereocenters. The third-order valence-corrected chi connectivity index (χ3v) is 4.88. The molecule has 0 aliphatic carbocycles. The predicted octanol–water partition coefficient (Wildman–Crippen LogP) is 5.13. The first-order valence-corrected chi connectivity index (χ1v) is 10.6. The van der Waals surface area contributed by atoms with E-state index in [1.54, 1.807) is 36.4 Å². The summed E-state index contributed by atoms with van der Waals surface area (Å²) in [6.07, 6.45) is 0. The van der Waals surface area contributed by atoms with Crippen LogP contribution in [0.25, 0.3) is 0 Å². The summed E-state index contributed by atoms with van der Waals surface area (Å²) in [5.41, 5.74) is 2.60. The lowest BCUT2D eigenvalue weighted by atomic mass is 10.1. The number of carbonyl (C=O) groups excluding carboxylic acids is 2. The SMILES string of the molecule is COc1cc(C(=O)Nc2ccc(NC(=O)C(C)C)cc2)cc(OC)c1OCc1ccccc1. The molecule has 3 aromatic carbocycles. The highest BCUT2D eigenvalue weighted by Crippen LogP contribution is 2.39. The largest absolute Gasteiger partial charge is 0.493 e. The molecule has 0 saturated heterocycles. The first-order valence-electron chi connectivity index (χ1n) is 10.6. The van der Waals surface area contributed by atoms with Gasteiger partial charge >= 0.3 is 0 Å². The van der Waals surface area contributed by atoms with Crippen molar-refractivity contribution in [2.45, 2.75) is 20.5 Å². The molecule has 3 aromatic rings. The van der Waals surface area contributed by atoms with Gasteiger partial charge in [-0.25, -0.2) is 0 Å². The minimum absolute atomic E-state index is 0.0689. The Hall–Kier alpha value is -4.00. The standard InChI is InChI=1S/C26H28N2O5/c1-17(2)25(29)27-20-10-12-21(13-11-20)28-26(30)19-14-22(31-3)24(23(15-19)32-4)33-16-18-8-6-5-7-9-18/h5-15,17H,16H2,1-4H3,(H,27,29)(H,28,30). The van der Waals surface area contributed by atoms with Gasteiger partial charge in [0.05, 0.1) is 14.2 Å². The summed E-state index contributed by atoms with van der Waals surface area (Å²) in [6.45, 7) is 3.98. The summed E-state index contributed by atoms with van der Waals surface area (Å²) in [5.74, 6) is 0.685. The van der Waals surface area contributed by atoms with Crippen molar-refractivity contribution in [3.8, 4) is 17.2 Å². The van der Waals surface area contributed by atoms with Crippen LogP contribution in [0.15, 0.2) is 66.7 Å². The Bertz CT molecular complexity index is 1070. The number of rotatable bonds is 9. The van der Waals surface area contributed by atoms with Gasteiger partial charge in [-0.3, -0.25) is 9.59 Å². The van der Waals surface area contributed by atoms with Crippen molar-refractivity contribution >= 4 is 23.2 Å². The minimum Gasteiger partial charge on any atom is -0.493 e. The van der Waals surface area contributed by atoms with E-state index in [1.807, 2.05) is 44.2 Å². The Labute approximate surface area is 193 Å². The van der Waals surface area contributed by atoms with Gasteiger partial charge in [0.2, 0.25) is 11.7 Å². The van der Waals surface area contributed by atoms with Gasteiger partial charge in [0, 0.05) is 22.9 Å². The number of benzene rings is 3. The summed E-state index contributed by atoms with van der Waals surface area (Å²) in [6, 6.07) is 19.9. The van der Waals surface area contributed by atoms with Crippen molar-refractivity contribution in [1.82, 2.24) is 0 Å². The van der Waals surface area contributed by atoms with Crippen molar-refractivity contribution in [1.29, 1.82) is 0 Å². The molecule has 7 heteroatoms. The fourth-order valence-corrected chi connectivity index (χ4v) is 3.01. The first kappa shape index (κ1) is 23.7. The van der Waals surface area contributed by atoms with Crippen LogP contribution in [0.5, 0.6) is 17.2 Å². The van der Waals surface area contributed by atoms with Gasteiger partial charge in [0.15, 0.2) is 11.5 Å². The van der Waals surface area contributed by atoms with E-state index in [1.165, 1.54) is 14.2 Å². The van der Waals surface area contributed by atoms with Crippen LogP contribution in [0.2, 0.25) is 0 Å². The fourth-order valence-electron chi connectivity index (χ4n) is 3.01. The Morgan fingerprint density at radius 2 is 1.36 bits per heavy atom. The molecule has 172 valence electrons. The van der Waals surface area contributed by atoms with Crippen LogP contribution in [0, 0.1) is 5.92 Å². The van der Waals surface area contributed by atoms with Crippen LogP contribution in [0.1, 0.15) is 29.8 Å². The monoisotopic (exact) mass is 448 g/mol. The van der Waals surface area contributed by atoms with E-state index < -0.39 is 0 Å². The normalized spacial score (nSPS) is 10.5. The van der Waals surface area contributed by atoms with Crippen molar-refractivity contribution in [3.63, 3.8) is 0 Å². The summed E-state index contributed by atoms with van der Waals surface area (Å²) >= 11 is 0. The molecule has 0 bridgehead atoms. The number of ether oxygens (including phenoxy) is 3. The summed E-state index contributed by atoms with van der Waals surface area (Å²) < 4.78 is 16.9. The average Bonchev–Trinajstić information content (AvgIpc) is 2.83. The van der Waals surface area contributed by atoms with Crippen LogP contribution in [0.4, 0.5) is 11.4 Å². The van der Waals surface area contributed by atoms with E-state index in [9.17, 15) is 9.59 Å². The lowest BCUT2D eigenvalue weighted by Gasteiger charge is -2.16. The molecule has 0 heterocycles. The highest BCUT2D eigenvalue weighted by Gasteiger charge is 2.18. The molecule has 0 saturated carbocycles. The zero-order chi connectivity index (χ0) is 23.8. The topological polar surface area (TPSA) is 85.9 Å². The maximum absolute atomic E-state index is 12.9. The summed E-state index contributed by atoms with van der Waals surface area (Å²) in [5, 5.41) is 5.65. The molecule has 7 nitrogen and oxygen atoms in total. The second kappa shape index (κ2) is 11.0. The van der Waals surface area contributed by atoms with Crippen molar-refractivity contribution in [2.75, 3.05) is 24.9 Å². The molecule has 0 spiro atoms. The number of anilines is 2. The molecule has 0 aliphatic rings. The molecule has 33 heavy (non-hydrogen) atoms. The van der Waals surface area contributed by atoms with Crippen LogP contribution >= 0.6 is 0 Å². The van der Waals surface area contributed by atoms with Gasteiger partial charge in [0.25, 0.3) is 5.91 Å². The number of amides is 2. The lowest BCUT2D eigenvalue weighted by Crippen LogP contribution is -2.17. The zero-order valence-corrected chi connectivity index (χ0v) is 19.2. The van der Waals surface area contributed by atoms with E-state index in [-0.39, 0.29) is 17.7 Å². The zero-order valence-electron chi connectivity index (χ0n) is 19.2. The van der Waals surface area contributed by atoms with Gasteiger partial charge in [-0.05, 0) is 42.0 Å². The summed E-state index contributed by atoms with van der Waals surface area (Å²) in [7, 11) is 3.02. The smallest absolute Gasteiger partial charge is 0.255 e. The van der Waals surface area contributed by atoms with E-state index in [2.05, 4.69) is 10.6 Å². The van der Waals surface area contributed by atoms with Crippen molar-refractivity contribution < 1.29 is 23.8 Å². The van der Waals surface area contributed by atoms with Crippen LogP contribution in [-0.2, 0) is 11.4 Å². The highest BCUT2D eigenvalue weighted by molar-refractivity contribution is 6.05. The number of carbonyl (C=O) groups is 2. The number of hydrogen-bond donors (Lipinski definition) is 2. The Morgan fingerprint density at radius 1 is 0.818 bits per heavy atom.